The van der Waals surface area contributed by atoms with E-state index in [4.69, 9.17) is 0 Å². The van der Waals surface area contributed by atoms with E-state index in [2.05, 4.69) is 15.1 Å². The van der Waals surface area contributed by atoms with Crippen LogP contribution in [0.4, 0.5) is 5.69 Å². The predicted octanol–water partition coefficient (Wildman–Crippen LogP) is 4.08. The van der Waals surface area contributed by atoms with Gasteiger partial charge in [0.05, 0.1) is 5.75 Å². The summed E-state index contributed by atoms with van der Waals surface area (Å²) >= 11 is 1.41. The molecule has 1 aliphatic rings. The maximum absolute atomic E-state index is 13.0. The molecule has 5 rings (SSSR count). The van der Waals surface area contributed by atoms with Gasteiger partial charge in [-0.1, -0.05) is 60.3 Å². The Morgan fingerprint density at radius 2 is 1.44 bits per heavy atom. The number of hydrogen-bond acceptors (Lipinski definition) is 6. The molecule has 1 amide bonds. The molecule has 4 aromatic rings. The first-order valence-electron chi connectivity index (χ1n) is 11.2. The molecule has 0 radical (unpaired) electrons. The van der Waals surface area contributed by atoms with Gasteiger partial charge in [0, 0.05) is 43.1 Å². The summed E-state index contributed by atoms with van der Waals surface area (Å²) in [5.74, 6) is 1.41. The molecular formula is C26H25N5O2S. The standard InChI is InChI=1S/C26H25N5O2S/c32-23-13-11-21(12-14-23)29-15-17-30(18-16-29)24(33)19-34-26-28-27-25(20-7-3-1-4-8-20)31(26)22-9-5-2-6-10-22/h1-14,32H,15-19H2. The van der Waals surface area contributed by atoms with Crippen molar-refractivity contribution >= 4 is 23.4 Å². The van der Waals surface area contributed by atoms with Gasteiger partial charge in [-0.2, -0.15) is 0 Å². The van der Waals surface area contributed by atoms with Crippen molar-refractivity contribution in [2.24, 2.45) is 0 Å². The molecule has 2 heterocycles. The topological polar surface area (TPSA) is 74.5 Å². The Balaban J connectivity index is 1.27. The maximum atomic E-state index is 13.0. The average molecular weight is 472 g/mol. The maximum Gasteiger partial charge on any atom is 0.233 e. The number of hydrogen-bond donors (Lipinski definition) is 1. The van der Waals surface area contributed by atoms with Gasteiger partial charge in [-0.3, -0.25) is 9.36 Å². The fourth-order valence-corrected chi connectivity index (χ4v) is 4.90. The molecule has 0 aliphatic carbocycles. The average Bonchev–Trinajstić information content (AvgIpc) is 3.33. The molecule has 0 spiro atoms. The minimum Gasteiger partial charge on any atom is -0.508 e. The molecule has 1 aromatic heterocycles. The summed E-state index contributed by atoms with van der Waals surface area (Å²) in [6.07, 6.45) is 0. The molecule has 1 saturated heterocycles. The third kappa shape index (κ3) is 4.77. The highest BCUT2D eigenvalue weighted by Gasteiger charge is 2.23. The van der Waals surface area contributed by atoms with E-state index >= 15 is 0 Å². The lowest BCUT2D eigenvalue weighted by molar-refractivity contribution is -0.128. The number of thioether (sulfide) groups is 1. The highest BCUT2D eigenvalue weighted by molar-refractivity contribution is 7.99. The van der Waals surface area contributed by atoms with Crippen molar-refractivity contribution in [3.8, 4) is 22.8 Å². The van der Waals surface area contributed by atoms with Gasteiger partial charge in [-0.15, -0.1) is 10.2 Å². The van der Waals surface area contributed by atoms with Crippen molar-refractivity contribution in [1.29, 1.82) is 0 Å². The van der Waals surface area contributed by atoms with Crippen molar-refractivity contribution in [2.75, 3.05) is 36.8 Å². The minimum atomic E-state index is 0.0965. The normalized spacial score (nSPS) is 13.8. The van der Waals surface area contributed by atoms with E-state index in [-0.39, 0.29) is 11.7 Å². The Morgan fingerprint density at radius 3 is 2.12 bits per heavy atom. The van der Waals surface area contributed by atoms with E-state index in [9.17, 15) is 9.90 Å². The molecule has 1 N–H and O–H groups in total. The number of piperazine rings is 1. The SMILES string of the molecule is O=C(CSc1nnc(-c2ccccc2)n1-c1ccccc1)N1CCN(c2ccc(O)cc2)CC1. The number of carbonyl (C=O) groups is 1. The van der Waals surface area contributed by atoms with Gasteiger partial charge in [-0.25, -0.2) is 0 Å². The van der Waals surface area contributed by atoms with Gasteiger partial charge in [0.15, 0.2) is 11.0 Å². The van der Waals surface area contributed by atoms with E-state index < -0.39 is 0 Å². The second kappa shape index (κ2) is 10.0. The van der Waals surface area contributed by atoms with Gasteiger partial charge < -0.3 is 14.9 Å². The lowest BCUT2D eigenvalue weighted by atomic mass is 10.2. The molecule has 0 bridgehead atoms. The van der Waals surface area contributed by atoms with Crippen molar-refractivity contribution in [3.63, 3.8) is 0 Å². The van der Waals surface area contributed by atoms with Crippen LogP contribution in [-0.4, -0.2) is 62.6 Å². The van der Waals surface area contributed by atoms with Gasteiger partial charge in [0.1, 0.15) is 5.75 Å². The number of phenols is 1. The van der Waals surface area contributed by atoms with Crippen LogP contribution in [0.5, 0.6) is 5.75 Å². The van der Waals surface area contributed by atoms with Gasteiger partial charge in [0.25, 0.3) is 0 Å². The molecule has 1 fully saturated rings. The summed E-state index contributed by atoms with van der Waals surface area (Å²) in [5, 5.41) is 19.1. The van der Waals surface area contributed by atoms with Crippen molar-refractivity contribution in [2.45, 2.75) is 5.16 Å². The molecule has 0 saturated carbocycles. The van der Waals surface area contributed by atoms with E-state index in [0.717, 1.165) is 35.9 Å². The van der Waals surface area contributed by atoms with Crippen LogP contribution in [0, 0.1) is 0 Å². The number of amides is 1. The number of phenolic OH excluding ortho intramolecular Hbond substituents is 1. The highest BCUT2D eigenvalue weighted by atomic mass is 32.2. The molecule has 0 unspecified atom stereocenters. The van der Waals surface area contributed by atoms with Crippen LogP contribution >= 0.6 is 11.8 Å². The summed E-state index contributed by atoms with van der Waals surface area (Å²) < 4.78 is 2.01. The summed E-state index contributed by atoms with van der Waals surface area (Å²) in [7, 11) is 0. The van der Waals surface area contributed by atoms with Crippen LogP contribution in [0.1, 0.15) is 0 Å². The van der Waals surface area contributed by atoms with Crippen LogP contribution in [0.15, 0.2) is 90.1 Å². The Kier molecular flexibility index (Phi) is 6.49. The Hall–Kier alpha value is -3.78. The molecule has 3 aromatic carbocycles. The Bertz CT molecular complexity index is 1240. The lowest BCUT2D eigenvalue weighted by Crippen LogP contribution is -2.49. The summed E-state index contributed by atoms with van der Waals surface area (Å²) in [6, 6.07) is 27.1. The number of rotatable bonds is 6. The van der Waals surface area contributed by atoms with Crippen LogP contribution in [0.3, 0.4) is 0 Å². The molecule has 0 atom stereocenters. The molecule has 7 nitrogen and oxygen atoms in total. The summed E-state index contributed by atoms with van der Waals surface area (Å²) in [6.45, 7) is 2.86. The highest BCUT2D eigenvalue weighted by Crippen LogP contribution is 2.28. The summed E-state index contributed by atoms with van der Waals surface area (Å²) in [5.41, 5.74) is 3.00. The van der Waals surface area contributed by atoms with Crippen molar-refractivity contribution < 1.29 is 9.90 Å². The van der Waals surface area contributed by atoms with Crippen molar-refractivity contribution in [1.82, 2.24) is 19.7 Å². The van der Waals surface area contributed by atoms with Gasteiger partial charge in [-0.05, 0) is 36.4 Å². The number of anilines is 1. The van der Waals surface area contributed by atoms with Crippen LogP contribution in [-0.2, 0) is 4.79 Å². The zero-order valence-corrected chi connectivity index (χ0v) is 19.4. The van der Waals surface area contributed by atoms with E-state index in [1.54, 1.807) is 12.1 Å². The fourth-order valence-electron chi connectivity index (χ4n) is 4.04. The molecule has 34 heavy (non-hydrogen) atoms. The van der Waals surface area contributed by atoms with Crippen LogP contribution in [0.2, 0.25) is 0 Å². The number of nitrogens with zero attached hydrogens (tertiary/aromatic N) is 5. The third-order valence-corrected chi connectivity index (χ3v) is 6.77. The molecule has 172 valence electrons. The smallest absolute Gasteiger partial charge is 0.233 e. The number of aromatic nitrogens is 3. The first-order valence-corrected chi connectivity index (χ1v) is 12.2. The van der Waals surface area contributed by atoms with E-state index in [1.807, 2.05) is 82.3 Å². The first kappa shape index (κ1) is 22.0. The largest absolute Gasteiger partial charge is 0.508 e. The quantitative estimate of drug-likeness (QED) is 0.427. The number of para-hydroxylation sites is 1. The Labute approximate surface area is 202 Å². The van der Waals surface area contributed by atoms with Gasteiger partial charge in [0.2, 0.25) is 5.91 Å². The van der Waals surface area contributed by atoms with E-state index in [0.29, 0.717) is 24.0 Å². The first-order chi connectivity index (χ1) is 16.7. The second-order valence-corrected chi connectivity index (χ2v) is 8.96. The number of carbonyl (C=O) groups excluding carboxylic acids is 1. The minimum absolute atomic E-state index is 0.0965. The zero-order valence-electron chi connectivity index (χ0n) is 18.6. The molecular weight excluding hydrogens is 446 g/mol. The predicted molar refractivity (Wildman–Crippen MR) is 134 cm³/mol. The lowest BCUT2D eigenvalue weighted by Gasteiger charge is -2.36. The van der Waals surface area contributed by atoms with Crippen LogP contribution < -0.4 is 4.90 Å². The Morgan fingerprint density at radius 1 is 0.794 bits per heavy atom. The number of aromatic hydroxyl groups is 1. The number of benzene rings is 3. The summed E-state index contributed by atoms with van der Waals surface area (Å²) in [4.78, 5) is 17.1. The molecule has 8 heteroatoms. The fraction of sp³-hybridized carbons (Fsp3) is 0.192. The third-order valence-electron chi connectivity index (χ3n) is 5.85. The van der Waals surface area contributed by atoms with Crippen molar-refractivity contribution in [3.05, 3.63) is 84.9 Å². The monoisotopic (exact) mass is 471 g/mol. The zero-order chi connectivity index (χ0) is 23.3. The van der Waals surface area contributed by atoms with E-state index in [1.165, 1.54) is 11.8 Å². The van der Waals surface area contributed by atoms with Crippen LogP contribution in [0.25, 0.3) is 17.1 Å². The van der Waals surface area contributed by atoms with Gasteiger partial charge >= 0.3 is 0 Å². The molecule has 1 aliphatic heterocycles. The second-order valence-electron chi connectivity index (χ2n) is 8.02.